The Balaban J connectivity index is 4.38. The van der Waals surface area contributed by atoms with Crippen molar-refractivity contribution in [1.29, 1.82) is 0 Å². The van der Waals surface area contributed by atoms with E-state index in [9.17, 15) is 0 Å². The van der Waals surface area contributed by atoms with Gasteiger partial charge < -0.3 is 26.9 Å². The van der Waals surface area contributed by atoms with E-state index in [-0.39, 0.29) is 12.7 Å². The molecule has 2 unspecified atom stereocenters. The topological polar surface area (TPSA) is 66.4 Å². The highest BCUT2D eigenvalue weighted by atomic mass is 28.5. The minimum absolute atomic E-state index is 0.0330. The molecular formula is C20H50O6Si4. The van der Waals surface area contributed by atoms with Crippen molar-refractivity contribution in [3.8, 4) is 0 Å². The van der Waals surface area contributed by atoms with Crippen molar-refractivity contribution in [3.05, 3.63) is 0 Å². The molecule has 0 aromatic carbocycles. The van der Waals surface area contributed by atoms with E-state index in [0.717, 1.165) is 38.3 Å². The molecule has 182 valence electrons. The van der Waals surface area contributed by atoms with Crippen LogP contribution >= 0.6 is 0 Å². The van der Waals surface area contributed by atoms with Gasteiger partial charge in [-0.1, -0.05) is 19.3 Å². The first-order valence-corrected chi connectivity index (χ1v) is 23.6. The van der Waals surface area contributed by atoms with Crippen LogP contribution < -0.4 is 0 Å². The number of hydrogen-bond acceptors (Lipinski definition) is 6. The fourth-order valence-corrected chi connectivity index (χ4v) is 21.6. The van der Waals surface area contributed by atoms with Gasteiger partial charge in [-0.05, 0) is 78.3 Å². The summed E-state index contributed by atoms with van der Waals surface area (Å²) >= 11 is 0. The lowest BCUT2D eigenvalue weighted by Crippen LogP contribution is -2.56. The monoisotopic (exact) mass is 498 g/mol. The Bertz CT molecular complexity index is 454. The number of aliphatic hydroxyl groups excluding tert-OH is 1. The van der Waals surface area contributed by atoms with Crippen molar-refractivity contribution < 1.29 is 26.9 Å². The second kappa shape index (κ2) is 14.0. The summed E-state index contributed by atoms with van der Waals surface area (Å²) in [5, 5.41) is 8.76. The molecule has 0 aromatic rings. The zero-order chi connectivity index (χ0) is 23.5. The lowest BCUT2D eigenvalue weighted by Gasteiger charge is -2.41. The first-order valence-electron chi connectivity index (χ1n) is 11.5. The van der Waals surface area contributed by atoms with Gasteiger partial charge >= 0.3 is 17.1 Å². The molecule has 6 nitrogen and oxygen atoms in total. The second-order valence-electron chi connectivity index (χ2n) is 10.7. The highest BCUT2D eigenvalue weighted by Crippen LogP contribution is 2.28. The molecule has 0 spiro atoms. The Kier molecular flexibility index (Phi) is 14.3. The van der Waals surface area contributed by atoms with Crippen LogP contribution in [-0.4, -0.2) is 71.4 Å². The van der Waals surface area contributed by atoms with E-state index >= 15 is 0 Å². The third-order valence-corrected chi connectivity index (χ3v) is 17.6. The summed E-state index contributed by atoms with van der Waals surface area (Å²) in [6.07, 6.45) is 4.53. The summed E-state index contributed by atoms with van der Waals surface area (Å²) in [5.41, 5.74) is 0. The van der Waals surface area contributed by atoms with E-state index < -0.39 is 33.8 Å². The quantitative estimate of drug-likeness (QED) is 0.200. The smallest absolute Gasteiger partial charge is 0.315 e. The summed E-state index contributed by atoms with van der Waals surface area (Å²) in [7, 11) is -7.81. The summed E-state index contributed by atoms with van der Waals surface area (Å²) in [6, 6.07) is 1.02. The molecule has 1 N–H and O–H groups in total. The molecule has 0 heterocycles. The third kappa shape index (κ3) is 18.2. The van der Waals surface area contributed by atoms with Crippen molar-refractivity contribution in [1.82, 2.24) is 0 Å². The zero-order valence-corrected chi connectivity index (χ0v) is 25.4. The largest absolute Gasteiger partial charge is 0.437 e. The van der Waals surface area contributed by atoms with E-state index in [1.807, 2.05) is 6.92 Å². The average Bonchev–Trinajstić information content (AvgIpc) is 2.50. The van der Waals surface area contributed by atoms with Crippen molar-refractivity contribution in [2.45, 2.75) is 104 Å². The molecule has 30 heavy (non-hydrogen) atoms. The molecule has 0 fully saturated rings. The minimum atomic E-state index is -2.27. The van der Waals surface area contributed by atoms with Gasteiger partial charge in [0.05, 0.1) is 25.9 Å². The van der Waals surface area contributed by atoms with E-state index in [1.165, 1.54) is 0 Å². The van der Waals surface area contributed by atoms with Gasteiger partial charge in [-0.2, -0.15) is 0 Å². The molecule has 0 amide bonds. The second-order valence-corrected chi connectivity index (χ2v) is 27.2. The van der Waals surface area contributed by atoms with Crippen LogP contribution in [0.5, 0.6) is 0 Å². The van der Waals surface area contributed by atoms with Gasteiger partial charge in [-0.3, -0.25) is 0 Å². The SMILES string of the molecule is CC(COCCCCCC[Si](C)(O[Si](C)(C)C)O[Si](C)(C)O[Si](C)(C)C)OCCO. The van der Waals surface area contributed by atoms with Crippen LogP contribution in [0.3, 0.4) is 0 Å². The Morgan fingerprint density at radius 3 is 1.80 bits per heavy atom. The molecular weight excluding hydrogens is 449 g/mol. The highest BCUT2D eigenvalue weighted by Gasteiger charge is 2.44. The van der Waals surface area contributed by atoms with Gasteiger partial charge in [0.2, 0.25) is 0 Å². The molecule has 10 heteroatoms. The van der Waals surface area contributed by atoms with Crippen LogP contribution in [0.1, 0.15) is 32.6 Å². The third-order valence-electron chi connectivity index (χ3n) is 4.05. The molecule has 0 aliphatic heterocycles. The van der Waals surface area contributed by atoms with Crippen molar-refractivity contribution in [3.63, 3.8) is 0 Å². The maximum atomic E-state index is 8.76. The highest BCUT2D eigenvalue weighted by molar-refractivity contribution is 6.89. The molecule has 0 aromatic heterocycles. The van der Waals surface area contributed by atoms with Crippen molar-refractivity contribution >= 4 is 33.8 Å². The predicted molar refractivity (Wildman–Crippen MR) is 136 cm³/mol. The van der Waals surface area contributed by atoms with Crippen LogP contribution in [0.15, 0.2) is 0 Å². The minimum Gasteiger partial charge on any atom is -0.437 e. The fraction of sp³-hybridized carbons (Fsp3) is 1.00. The van der Waals surface area contributed by atoms with Gasteiger partial charge in [0.1, 0.15) is 0 Å². The Morgan fingerprint density at radius 1 is 0.700 bits per heavy atom. The van der Waals surface area contributed by atoms with Crippen molar-refractivity contribution in [2.24, 2.45) is 0 Å². The molecule has 0 bridgehead atoms. The van der Waals surface area contributed by atoms with Gasteiger partial charge in [0.25, 0.3) is 0 Å². The normalized spacial score (nSPS) is 16.5. The fourth-order valence-electron chi connectivity index (χ4n) is 3.60. The average molecular weight is 499 g/mol. The molecule has 0 aliphatic carbocycles. The molecule has 0 aliphatic rings. The summed E-state index contributed by atoms with van der Waals surface area (Å²) in [5.74, 6) is 0. The predicted octanol–water partition coefficient (Wildman–Crippen LogP) is 5.45. The van der Waals surface area contributed by atoms with Crippen LogP contribution in [0, 0.1) is 0 Å². The van der Waals surface area contributed by atoms with Gasteiger partial charge in [-0.25, -0.2) is 0 Å². The summed E-state index contributed by atoms with van der Waals surface area (Å²) in [6.45, 7) is 23.8. The van der Waals surface area contributed by atoms with Crippen LogP contribution in [0.25, 0.3) is 0 Å². The Labute approximate surface area is 190 Å². The molecule has 2 atom stereocenters. The van der Waals surface area contributed by atoms with Crippen LogP contribution in [0.4, 0.5) is 0 Å². The number of hydrogen-bond donors (Lipinski definition) is 1. The van der Waals surface area contributed by atoms with Gasteiger partial charge in [0.15, 0.2) is 16.6 Å². The van der Waals surface area contributed by atoms with Gasteiger partial charge in [0, 0.05) is 6.61 Å². The number of ether oxygens (including phenoxy) is 2. The first kappa shape index (κ1) is 30.6. The lowest BCUT2D eigenvalue weighted by atomic mass is 10.2. The van der Waals surface area contributed by atoms with Gasteiger partial charge in [-0.15, -0.1) is 0 Å². The van der Waals surface area contributed by atoms with Crippen LogP contribution in [-0.2, 0) is 21.8 Å². The van der Waals surface area contributed by atoms with E-state index in [2.05, 4.69) is 58.9 Å². The number of rotatable bonds is 18. The van der Waals surface area contributed by atoms with E-state index in [0.29, 0.717) is 13.2 Å². The Hall–Kier alpha value is 0.628. The zero-order valence-electron chi connectivity index (χ0n) is 21.4. The van der Waals surface area contributed by atoms with E-state index in [1.54, 1.807) is 0 Å². The molecule has 0 saturated carbocycles. The first-order chi connectivity index (χ1) is 13.6. The lowest BCUT2D eigenvalue weighted by molar-refractivity contribution is -0.0189. The van der Waals surface area contributed by atoms with Crippen LogP contribution in [0.2, 0.25) is 65.0 Å². The molecule has 0 rings (SSSR count). The standard InChI is InChI=1S/C20H50O6Si4/c1-20(23-17-15-21)19-22-16-13-11-12-14-18-30(10,25-28(5,6)7)26-29(8,9)24-27(2,3)4/h20-21H,11-19H2,1-10H3. The van der Waals surface area contributed by atoms with Crippen molar-refractivity contribution in [2.75, 3.05) is 26.4 Å². The summed E-state index contributed by atoms with van der Waals surface area (Å²) < 4.78 is 30.9. The molecule has 0 radical (unpaired) electrons. The maximum Gasteiger partial charge on any atom is 0.315 e. The maximum absolute atomic E-state index is 8.76. The number of aliphatic hydroxyl groups is 1. The summed E-state index contributed by atoms with van der Waals surface area (Å²) in [4.78, 5) is 0. The molecule has 0 saturated heterocycles. The van der Waals surface area contributed by atoms with E-state index in [4.69, 9.17) is 26.9 Å². The Morgan fingerprint density at radius 2 is 1.27 bits per heavy atom. The number of unbranched alkanes of at least 4 members (excludes halogenated alkanes) is 3.